The molecule has 0 aliphatic carbocycles. The van der Waals surface area contributed by atoms with Crippen molar-refractivity contribution in [3.8, 4) is 5.75 Å². The van der Waals surface area contributed by atoms with Crippen LogP contribution < -0.4 is 4.74 Å². The van der Waals surface area contributed by atoms with Gasteiger partial charge in [0.25, 0.3) is 5.91 Å². The number of ether oxygens (including phenoxy) is 2. The van der Waals surface area contributed by atoms with Crippen LogP contribution in [0.4, 0.5) is 0 Å². The van der Waals surface area contributed by atoms with Gasteiger partial charge in [-0.1, -0.05) is 12.1 Å². The van der Waals surface area contributed by atoms with E-state index in [0.717, 1.165) is 0 Å². The average Bonchev–Trinajstić information content (AvgIpc) is 2.94. The van der Waals surface area contributed by atoms with Crippen LogP contribution in [0.25, 0.3) is 0 Å². The number of nitrogens with zero attached hydrogens (tertiary/aromatic N) is 2. The van der Waals surface area contributed by atoms with Gasteiger partial charge in [-0.25, -0.2) is 4.79 Å². The lowest BCUT2D eigenvalue weighted by atomic mass is 9.98. The summed E-state index contributed by atoms with van der Waals surface area (Å²) in [6.07, 6.45) is 0. The minimum Gasteiger partial charge on any atom is -0.496 e. The molecule has 0 aliphatic rings. The second-order valence-electron chi connectivity index (χ2n) is 7.53. The summed E-state index contributed by atoms with van der Waals surface area (Å²) in [5, 5.41) is 0. The molecule has 7 heteroatoms. The van der Waals surface area contributed by atoms with E-state index in [1.807, 2.05) is 13.8 Å². The number of hydrogen-bond donors (Lipinski definition) is 0. The first-order valence-corrected chi connectivity index (χ1v) is 9.82. The van der Waals surface area contributed by atoms with Crippen molar-refractivity contribution in [3.05, 3.63) is 52.3 Å². The third kappa shape index (κ3) is 3.97. The zero-order valence-electron chi connectivity index (χ0n) is 18.9. The maximum absolute atomic E-state index is 13.5. The maximum atomic E-state index is 13.5. The van der Waals surface area contributed by atoms with Gasteiger partial charge in [0.1, 0.15) is 11.4 Å². The van der Waals surface area contributed by atoms with Gasteiger partial charge >= 0.3 is 5.97 Å². The lowest BCUT2D eigenvalue weighted by molar-refractivity contribution is 0.0562. The van der Waals surface area contributed by atoms with Gasteiger partial charge in [-0.2, -0.15) is 0 Å². The number of esters is 1. The molecule has 0 N–H and O–H groups in total. The van der Waals surface area contributed by atoms with Crippen molar-refractivity contribution in [1.82, 2.24) is 9.47 Å². The highest BCUT2D eigenvalue weighted by Gasteiger charge is 2.34. The van der Waals surface area contributed by atoms with E-state index in [9.17, 15) is 14.4 Å². The van der Waals surface area contributed by atoms with Crippen LogP contribution in [0.5, 0.6) is 5.75 Å². The molecule has 2 aromatic rings. The van der Waals surface area contributed by atoms with Crippen LogP contribution in [-0.4, -0.2) is 53.4 Å². The standard InChI is InChI=1S/C23H30N2O5/c1-13(2)25(22(27)17-11-9-10-12-18(17)29-7)16(5)21(26)19-14(3)20(23(28)30-8)24(6)15(19)4/h9-13,16H,1-8H3/t16-/m1/s1. The quantitative estimate of drug-likeness (QED) is 0.511. The minimum absolute atomic E-state index is 0.229. The molecule has 1 amide bonds. The number of para-hydroxylation sites is 1. The monoisotopic (exact) mass is 414 g/mol. The largest absolute Gasteiger partial charge is 0.496 e. The maximum Gasteiger partial charge on any atom is 0.354 e. The van der Waals surface area contributed by atoms with E-state index in [-0.39, 0.29) is 17.7 Å². The lowest BCUT2D eigenvalue weighted by Gasteiger charge is -2.32. The topological polar surface area (TPSA) is 77.8 Å². The number of rotatable bonds is 7. The number of amides is 1. The Morgan fingerprint density at radius 2 is 1.63 bits per heavy atom. The Bertz CT molecular complexity index is 974. The molecule has 0 bridgehead atoms. The molecule has 1 heterocycles. The number of Topliss-reactive ketones (excluding diaryl/α,β-unsaturated/α-hetero) is 1. The van der Waals surface area contributed by atoms with E-state index in [1.54, 1.807) is 61.6 Å². The van der Waals surface area contributed by atoms with E-state index >= 15 is 0 Å². The Kier molecular flexibility index (Phi) is 7.08. The molecule has 1 atom stereocenters. The molecule has 162 valence electrons. The summed E-state index contributed by atoms with van der Waals surface area (Å²) in [6, 6.07) is 5.97. The van der Waals surface area contributed by atoms with Gasteiger partial charge in [-0.05, 0) is 52.3 Å². The van der Waals surface area contributed by atoms with E-state index in [0.29, 0.717) is 33.8 Å². The molecule has 0 saturated carbocycles. The van der Waals surface area contributed by atoms with Gasteiger partial charge < -0.3 is 18.9 Å². The number of carbonyl (C=O) groups is 3. The lowest BCUT2D eigenvalue weighted by Crippen LogP contribution is -2.47. The van der Waals surface area contributed by atoms with Gasteiger partial charge in [-0.3, -0.25) is 9.59 Å². The van der Waals surface area contributed by atoms with Crippen molar-refractivity contribution >= 4 is 17.7 Å². The summed E-state index contributed by atoms with van der Waals surface area (Å²) < 4.78 is 11.8. The summed E-state index contributed by atoms with van der Waals surface area (Å²) in [5.74, 6) is -0.570. The Labute approximate surface area is 177 Å². The highest BCUT2D eigenvalue weighted by atomic mass is 16.5. The van der Waals surface area contributed by atoms with Gasteiger partial charge in [0.2, 0.25) is 0 Å². The van der Waals surface area contributed by atoms with Crippen LogP contribution in [0.15, 0.2) is 24.3 Å². The van der Waals surface area contributed by atoms with E-state index < -0.39 is 12.0 Å². The number of aromatic nitrogens is 1. The number of benzene rings is 1. The first-order chi connectivity index (χ1) is 14.1. The third-order valence-electron chi connectivity index (χ3n) is 5.48. The molecule has 0 saturated heterocycles. The zero-order chi connectivity index (χ0) is 22.7. The van der Waals surface area contributed by atoms with Crippen molar-refractivity contribution in [2.75, 3.05) is 14.2 Å². The molecule has 2 rings (SSSR count). The summed E-state index contributed by atoms with van der Waals surface area (Å²) in [4.78, 5) is 40.6. The summed E-state index contributed by atoms with van der Waals surface area (Å²) in [6.45, 7) is 8.94. The van der Waals surface area contributed by atoms with E-state index in [2.05, 4.69) is 0 Å². The Morgan fingerprint density at radius 3 is 2.17 bits per heavy atom. The first-order valence-electron chi connectivity index (χ1n) is 9.82. The molecule has 0 radical (unpaired) electrons. The van der Waals surface area contributed by atoms with Crippen LogP contribution in [0.2, 0.25) is 0 Å². The highest BCUT2D eigenvalue weighted by molar-refractivity contribution is 6.08. The SMILES string of the molecule is COC(=O)c1c(C)c(C(=O)[C@@H](C)N(C(=O)c2ccccc2OC)C(C)C)c(C)n1C. The Hall–Kier alpha value is -3.09. The second kappa shape index (κ2) is 9.15. The van der Waals surface area contributed by atoms with Crippen molar-refractivity contribution in [2.45, 2.75) is 46.7 Å². The summed E-state index contributed by atoms with van der Waals surface area (Å²) in [5.41, 5.74) is 2.36. The fraction of sp³-hybridized carbons (Fsp3) is 0.435. The van der Waals surface area contributed by atoms with E-state index in [4.69, 9.17) is 9.47 Å². The van der Waals surface area contributed by atoms with E-state index in [1.165, 1.54) is 14.2 Å². The predicted molar refractivity (Wildman–Crippen MR) is 114 cm³/mol. The highest BCUT2D eigenvalue weighted by Crippen LogP contribution is 2.27. The summed E-state index contributed by atoms with van der Waals surface area (Å²) >= 11 is 0. The minimum atomic E-state index is -0.743. The molecule has 0 fully saturated rings. The van der Waals surface area contributed by atoms with Crippen molar-refractivity contribution in [1.29, 1.82) is 0 Å². The number of carbonyl (C=O) groups excluding carboxylic acids is 3. The smallest absolute Gasteiger partial charge is 0.354 e. The second-order valence-corrected chi connectivity index (χ2v) is 7.53. The molecular weight excluding hydrogens is 384 g/mol. The third-order valence-corrected chi connectivity index (χ3v) is 5.48. The van der Waals surface area contributed by atoms with Crippen LogP contribution in [0, 0.1) is 13.8 Å². The molecule has 7 nitrogen and oxygen atoms in total. The van der Waals surface area contributed by atoms with Crippen LogP contribution in [0.3, 0.4) is 0 Å². The van der Waals surface area contributed by atoms with Crippen LogP contribution in [0.1, 0.15) is 63.2 Å². The fourth-order valence-corrected chi connectivity index (χ4v) is 3.88. The van der Waals surface area contributed by atoms with Gasteiger partial charge in [-0.15, -0.1) is 0 Å². The number of ketones is 1. The first kappa shape index (κ1) is 23.2. The molecule has 1 aromatic carbocycles. The predicted octanol–water partition coefficient (Wildman–Crippen LogP) is 3.56. The average molecular weight is 415 g/mol. The van der Waals surface area contributed by atoms with Crippen molar-refractivity contribution in [2.24, 2.45) is 7.05 Å². The number of hydrogen-bond acceptors (Lipinski definition) is 5. The van der Waals surface area contributed by atoms with Crippen LogP contribution in [-0.2, 0) is 11.8 Å². The Morgan fingerprint density at radius 1 is 1.03 bits per heavy atom. The molecule has 0 unspecified atom stereocenters. The van der Waals surface area contributed by atoms with Crippen molar-refractivity contribution in [3.63, 3.8) is 0 Å². The normalized spacial score (nSPS) is 11.9. The molecule has 0 spiro atoms. The molecular formula is C23H30N2O5. The van der Waals surface area contributed by atoms with Gasteiger partial charge in [0, 0.05) is 24.3 Å². The van der Waals surface area contributed by atoms with Crippen molar-refractivity contribution < 1.29 is 23.9 Å². The van der Waals surface area contributed by atoms with Crippen LogP contribution >= 0.6 is 0 Å². The number of methoxy groups -OCH3 is 2. The molecule has 0 aliphatic heterocycles. The molecule has 30 heavy (non-hydrogen) atoms. The van der Waals surface area contributed by atoms with Gasteiger partial charge in [0.15, 0.2) is 5.78 Å². The summed E-state index contributed by atoms with van der Waals surface area (Å²) in [7, 11) is 4.53. The molecule has 1 aromatic heterocycles. The van der Waals surface area contributed by atoms with Gasteiger partial charge in [0.05, 0.1) is 25.8 Å². The fourth-order valence-electron chi connectivity index (χ4n) is 3.88. The zero-order valence-corrected chi connectivity index (χ0v) is 18.9. The Balaban J connectivity index is 2.51.